The zero-order chi connectivity index (χ0) is 37.4. The molecule has 10 rings (SSSR count). The van der Waals surface area contributed by atoms with E-state index < -0.39 is 0 Å². The highest BCUT2D eigenvalue weighted by atomic mass is 15.0. The van der Waals surface area contributed by atoms with Gasteiger partial charge in [-0.1, -0.05) is 127 Å². The Bertz CT molecular complexity index is 2940. The average Bonchev–Trinajstić information content (AvgIpc) is 3.77. The van der Waals surface area contributed by atoms with Crippen molar-refractivity contribution in [2.45, 2.75) is 12.3 Å². The minimum atomic E-state index is 0.245. The number of aliphatic imine (C=N–C) groups is 1. The number of nitrogens with zero attached hydrogens (tertiary/aromatic N) is 3. The molecule has 0 bridgehead atoms. The summed E-state index contributed by atoms with van der Waals surface area (Å²) < 4.78 is 4.56. The van der Waals surface area contributed by atoms with Crippen molar-refractivity contribution in [3.05, 3.63) is 217 Å². The number of benzene rings is 7. The number of rotatable bonds is 8. The van der Waals surface area contributed by atoms with Crippen molar-refractivity contribution in [2.75, 3.05) is 0 Å². The van der Waals surface area contributed by atoms with Gasteiger partial charge in [-0.15, -0.1) is 0 Å². The standard InChI is InChI=1S/C52H38N4/c53-48(42-31-40(36-14-4-1-5-15-36)30-41(32-42)37-16-6-2-7-17-37)28-29-54-35-55-49-22-12-10-20-44(49)46-33-38(24-26-50(46)55)39-25-27-52-47(34-39)45-21-11-13-23-51(45)56(52)43-18-8-3-9-19-43/h1-32,34-35,38,53H,33H2/b29-28-,53-48?,54-35?. The largest absolute Gasteiger partial charge is 0.309 e. The van der Waals surface area contributed by atoms with Crippen LogP contribution in [0.5, 0.6) is 0 Å². The monoisotopic (exact) mass is 718 g/mol. The minimum Gasteiger partial charge on any atom is -0.309 e. The van der Waals surface area contributed by atoms with E-state index in [4.69, 9.17) is 10.4 Å². The third-order valence-corrected chi connectivity index (χ3v) is 11.1. The molecule has 1 aliphatic carbocycles. The molecule has 4 nitrogen and oxygen atoms in total. The van der Waals surface area contributed by atoms with E-state index in [9.17, 15) is 0 Å². The van der Waals surface area contributed by atoms with E-state index in [-0.39, 0.29) is 5.92 Å². The summed E-state index contributed by atoms with van der Waals surface area (Å²) in [6, 6.07) is 62.0. The van der Waals surface area contributed by atoms with Crippen molar-refractivity contribution < 1.29 is 0 Å². The quantitative estimate of drug-likeness (QED) is 0.120. The molecule has 0 fully saturated rings. The van der Waals surface area contributed by atoms with Gasteiger partial charge in [-0.05, 0) is 107 Å². The Hall–Kier alpha value is -7.30. The molecule has 1 N–H and O–H groups in total. The average molecular weight is 719 g/mol. The molecule has 0 spiro atoms. The lowest BCUT2D eigenvalue weighted by Gasteiger charge is -2.19. The molecule has 9 aromatic rings. The van der Waals surface area contributed by atoms with Gasteiger partial charge in [-0.2, -0.15) is 0 Å². The molecule has 266 valence electrons. The first-order chi connectivity index (χ1) is 27.7. The van der Waals surface area contributed by atoms with E-state index in [2.05, 4.69) is 185 Å². The van der Waals surface area contributed by atoms with Crippen LogP contribution in [0, 0.1) is 5.41 Å². The van der Waals surface area contributed by atoms with Crippen molar-refractivity contribution in [2.24, 2.45) is 4.99 Å². The molecule has 0 saturated carbocycles. The molecule has 2 aromatic heterocycles. The topological polar surface area (TPSA) is 46.1 Å². The Balaban J connectivity index is 0.953. The zero-order valence-corrected chi connectivity index (χ0v) is 30.8. The molecule has 0 saturated heterocycles. The smallest absolute Gasteiger partial charge is 0.0995 e. The van der Waals surface area contributed by atoms with Crippen LogP contribution in [0.15, 0.2) is 199 Å². The second-order valence-electron chi connectivity index (χ2n) is 14.4. The van der Waals surface area contributed by atoms with E-state index in [1.165, 1.54) is 44.0 Å². The fourth-order valence-electron chi connectivity index (χ4n) is 8.37. The van der Waals surface area contributed by atoms with Crippen LogP contribution in [0.25, 0.3) is 66.7 Å². The molecule has 2 heterocycles. The molecule has 7 aromatic carbocycles. The number of aromatic nitrogens is 2. The Morgan fingerprint density at radius 3 is 1.89 bits per heavy atom. The maximum Gasteiger partial charge on any atom is 0.0995 e. The predicted molar refractivity (Wildman–Crippen MR) is 235 cm³/mol. The van der Waals surface area contributed by atoms with Crippen LogP contribution in [0.3, 0.4) is 0 Å². The number of fused-ring (bicyclic) bond motifs is 6. The first-order valence-electron chi connectivity index (χ1n) is 19.1. The van der Waals surface area contributed by atoms with Gasteiger partial charge in [0.2, 0.25) is 0 Å². The van der Waals surface area contributed by atoms with Crippen LogP contribution in [-0.2, 0) is 6.42 Å². The molecule has 0 aliphatic heterocycles. The molecule has 0 amide bonds. The lowest BCUT2D eigenvalue weighted by Crippen LogP contribution is -2.07. The summed E-state index contributed by atoms with van der Waals surface area (Å²) >= 11 is 0. The van der Waals surface area contributed by atoms with Gasteiger partial charge < -0.3 is 14.5 Å². The van der Waals surface area contributed by atoms with Crippen LogP contribution in [0.2, 0.25) is 0 Å². The Morgan fingerprint density at radius 1 is 0.571 bits per heavy atom. The van der Waals surface area contributed by atoms with Crippen molar-refractivity contribution >= 4 is 50.8 Å². The summed E-state index contributed by atoms with van der Waals surface area (Å²) in [7, 11) is 0. The fourth-order valence-corrected chi connectivity index (χ4v) is 8.37. The minimum absolute atomic E-state index is 0.245. The van der Waals surface area contributed by atoms with Crippen molar-refractivity contribution in [1.29, 1.82) is 5.41 Å². The van der Waals surface area contributed by atoms with Gasteiger partial charge in [0.1, 0.15) is 0 Å². The van der Waals surface area contributed by atoms with Gasteiger partial charge in [-0.25, -0.2) is 4.99 Å². The number of para-hydroxylation sites is 3. The van der Waals surface area contributed by atoms with Crippen LogP contribution >= 0.6 is 0 Å². The lowest BCUT2D eigenvalue weighted by atomic mass is 9.86. The Kier molecular flexibility index (Phi) is 8.42. The molecule has 1 unspecified atom stereocenters. The number of hydrogen-bond acceptors (Lipinski definition) is 2. The molecular weight excluding hydrogens is 681 g/mol. The van der Waals surface area contributed by atoms with Gasteiger partial charge in [0.25, 0.3) is 0 Å². The van der Waals surface area contributed by atoms with Gasteiger partial charge in [0, 0.05) is 39.5 Å². The first-order valence-corrected chi connectivity index (χ1v) is 19.1. The number of allylic oxidation sites excluding steroid dienone is 2. The van der Waals surface area contributed by atoms with Crippen molar-refractivity contribution in [3.63, 3.8) is 0 Å². The molecule has 4 heteroatoms. The number of nitrogens with one attached hydrogen (secondary N) is 1. The van der Waals surface area contributed by atoms with E-state index in [0.717, 1.165) is 45.4 Å². The highest BCUT2D eigenvalue weighted by Crippen LogP contribution is 2.39. The van der Waals surface area contributed by atoms with Crippen LogP contribution in [0.1, 0.15) is 28.3 Å². The first kappa shape index (κ1) is 33.3. The third-order valence-electron chi connectivity index (χ3n) is 11.1. The van der Waals surface area contributed by atoms with Gasteiger partial charge in [0.15, 0.2) is 0 Å². The maximum absolute atomic E-state index is 9.05. The molecule has 0 radical (unpaired) electrons. The second kappa shape index (κ2) is 14.2. The normalized spacial score (nSPS) is 14.0. The SMILES string of the molecule is N=C(/C=C\N=Cn1c2c(c3ccccc31)CC(c1ccc3c(c1)c1ccccc1n3-c1ccccc1)C=C2)c1cc(-c2ccccc2)cc(-c2ccccc2)c1. The molecular formula is C52H38N4. The van der Waals surface area contributed by atoms with Crippen molar-refractivity contribution in [1.82, 2.24) is 9.13 Å². The summed E-state index contributed by atoms with van der Waals surface area (Å²) in [6.45, 7) is 0. The van der Waals surface area contributed by atoms with Crippen molar-refractivity contribution in [3.8, 4) is 27.9 Å². The highest BCUT2D eigenvalue weighted by Gasteiger charge is 2.23. The van der Waals surface area contributed by atoms with E-state index >= 15 is 0 Å². The maximum atomic E-state index is 9.05. The van der Waals surface area contributed by atoms with Crippen LogP contribution in [-0.4, -0.2) is 21.2 Å². The van der Waals surface area contributed by atoms with Crippen LogP contribution in [0.4, 0.5) is 0 Å². The second-order valence-corrected chi connectivity index (χ2v) is 14.4. The van der Waals surface area contributed by atoms with Crippen LogP contribution < -0.4 is 0 Å². The summed E-state index contributed by atoms with van der Waals surface area (Å²) in [5.74, 6) is 0.245. The fraction of sp³-hybridized carbons (Fsp3) is 0.0385. The van der Waals surface area contributed by atoms with Gasteiger partial charge in [-0.3, -0.25) is 0 Å². The van der Waals surface area contributed by atoms with E-state index in [1.54, 1.807) is 12.3 Å². The lowest BCUT2D eigenvalue weighted by molar-refractivity contribution is 0.829. The summed E-state index contributed by atoms with van der Waals surface area (Å²) in [5.41, 5.74) is 14.2. The van der Waals surface area contributed by atoms with E-state index in [0.29, 0.717) is 5.71 Å². The summed E-state index contributed by atoms with van der Waals surface area (Å²) in [4.78, 5) is 4.75. The number of hydrogen-bond donors (Lipinski definition) is 1. The predicted octanol–water partition coefficient (Wildman–Crippen LogP) is 12.9. The molecule has 1 atom stereocenters. The van der Waals surface area contributed by atoms with Gasteiger partial charge in [0.05, 0.1) is 34.3 Å². The highest BCUT2D eigenvalue weighted by molar-refractivity contribution is 6.10. The Labute approximate surface area is 326 Å². The zero-order valence-electron chi connectivity index (χ0n) is 30.8. The van der Waals surface area contributed by atoms with Gasteiger partial charge >= 0.3 is 0 Å². The third kappa shape index (κ3) is 5.98. The molecule has 56 heavy (non-hydrogen) atoms. The summed E-state index contributed by atoms with van der Waals surface area (Å²) in [5, 5.41) is 12.8. The Morgan fingerprint density at radius 2 is 1.18 bits per heavy atom. The van der Waals surface area contributed by atoms with E-state index in [1.807, 2.05) is 18.5 Å². The summed E-state index contributed by atoms with van der Waals surface area (Å²) in [6.07, 6.45) is 10.9. The molecule has 1 aliphatic rings.